The van der Waals surface area contributed by atoms with Gasteiger partial charge in [-0.15, -0.1) is 0 Å². The summed E-state index contributed by atoms with van der Waals surface area (Å²) in [6, 6.07) is 0.336. The summed E-state index contributed by atoms with van der Waals surface area (Å²) in [6.45, 7) is 3.65. The zero-order chi connectivity index (χ0) is 14.4. The smallest absolute Gasteiger partial charge is 0.322 e. The molecule has 0 atom stereocenters. The van der Waals surface area contributed by atoms with Gasteiger partial charge in [-0.1, -0.05) is 12.8 Å². The van der Waals surface area contributed by atoms with Crippen LogP contribution in [0.4, 0.5) is 11.9 Å². The molecule has 0 spiro atoms. The molecule has 1 aliphatic rings. The molecule has 1 fully saturated rings. The normalized spacial score (nSPS) is 16.9. The summed E-state index contributed by atoms with van der Waals surface area (Å²) in [4.78, 5) is 12.8. The average molecular weight is 297 g/mol. The van der Waals surface area contributed by atoms with Crippen LogP contribution in [0.25, 0.3) is 0 Å². The van der Waals surface area contributed by atoms with Crippen LogP contribution >= 0.6 is 11.8 Å². The third-order valence-electron chi connectivity index (χ3n) is 3.65. The Labute approximate surface area is 124 Å². The summed E-state index contributed by atoms with van der Waals surface area (Å²) in [5, 5.41) is 6.44. The number of hydrogen-bond donors (Lipinski definition) is 2. The van der Waals surface area contributed by atoms with E-state index < -0.39 is 0 Å². The van der Waals surface area contributed by atoms with E-state index in [0.29, 0.717) is 22.7 Å². The number of anilines is 2. The lowest BCUT2D eigenvalue weighted by molar-refractivity contribution is 0.379. The van der Waals surface area contributed by atoms with Crippen LogP contribution in [0, 0.1) is 0 Å². The highest BCUT2D eigenvalue weighted by Crippen LogP contribution is 2.40. The Bertz CT molecular complexity index is 437. The zero-order valence-corrected chi connectivity index (χ0v) is 13.2. The molecule has 7 heteroatoms. The molecule has 0 saturated heterocycles. The molecule has 2 N–H and O–H groups in total. The molecule has 0 bridgehead atoms. The quantitative estimate of drug-likeness (QED) is 0.800. The first-order valence-corrected chi connectivity index (χ1v) is 8.27. The van der Waals surface area contributed by atoms with E-state index in [1.807, 2.05) is 18.7 Å². The predicted octanol–water partition coefficient (Wildman–Crippen LogP) is 2.40. The Morgan fingerprint density at radius 2 is 1.80 bits per heavy atom. The van der Waals surface area contributed by atoms with Crippen LogP contribution in [0.5, 0.6) is 6.01 Å². The van der Waals surface area contributed by atoms with Crippen LogP contribution in [0.15, 0.2) is 0 Å². The van der Waals surface area contributed by atoms with Gasteiger partial charge in [-0.3, -0.25) is 0 Å². The molecule has 0 amide bonds. The Kier molecular flexibility index (Phi) is 5.28. The van der Waals surface area contributed by atoms with Crippen molar-refractivity contribution in [2.45, 2.75) is 37.4 Å². The molecule has 112 valence electrons. The van der Waals surface area contributed by atoms with Crippen molar-refractivity contribution in [3.8, 4) is 6.01 Å². The lowest BCUT2D eigenvalue weighted by Gasteiger charge is -2.26. The zero-order valence-electron chi connectivity index (χ0n) is 12.4. The van der Waals surface area contributed by atoms with Gasteiger partial charge in [-0.25, -0.2) is 0 Å². The van der Waals surface area contributed by atoms with Gasteiger partial charge in [-0.2, -0.15) is 26.7 Å². The van der Waals surface area contributed by atoms with Crippen molar-refractivity contribution >= 4 is 23.7 Å². The molecule has 1 aromatic rings. The Morgan fingerprint density at radius 3 is 2.35 bits per heavy atom. The lowest BCUT2D eigenvalue weighted by atomic mass is 10.1. The maximum Gasteiger partial charge on any atom is 0.322 e. The third kappa shape index (κ3) is 3.65. The van der Waals surface area contributed by atoms with Crippen LogP contribution in [0.2, 0.25) is 0 Å². The van der Waals surface area contributed by atoms with Crippen LogP contribution in [-0.2, 0) is 0 Å². The Hall–Kier alpha value is -1.24. The highest BCUT2D eigenvalue weighted by Gasteiger charge is 2.32. The van der Waals surface area contributed by atoms with E-state index in [0.717, 1.165) is 13.1 Å². The van der Waals surface area contributed by atoms with E-state index in [1.165, 1.54) is 25.7 Å². The van der Waals surface area contributed by atoms with Crippen LogP contribution in [0.3, 0.4) is 0 Å². The minimum absolute atomic E-state index is 0.318. The number of nitrogens with zero attached hydrogens (tertiary/aromatic N) is 3. The number of thioether (sulfide) groups is 1. The van der Waals surface area contributed by atoms with E-state index in [4.69, 9.17) is 4.74 Å². The molecule has 0 aliphatic heterocycles. The minimum atomic E-state index is 0.318. The summed E-state index contributed by atoms with van der Waals surface area (Å²) < 4.78 is 5.44. The Balaban J connectivity index is 2.06. The second-order valence-corrected chi connectivity index (χ2v) is 6.22. The number of rotatable bonds is 7. The fraction of sp³-hybridized carbons (Fsp3) is 0.769. The SMILES string of the molecule is CCNc1nc(NCC2(SC)CCCC2)nc(OC)n1. The molecule has 2 rings (SSSR count). The maximum atomic E-state index is 5.12. The van der Waals surface area contributed by atoms with E-state index >= 15 is 0 Å². The fourth-order valence-electron chi connectivity index (χ4n) is 2.48. The monoisotopic (exact) mass is 297 g/mol. The maximum absolute atomic E-state index is 5.12. The first-order chi connectivity index (χ1) is 9.71. The highest BCUT2D eigenvalue weighted by molar-refractivity contribution is 8.00. The minimum Gasteiger partial charge on any atom is -0.467 e. The summed E-state index contributed by atoms with van der Waals surface area (Å²) >= 11 is 1.94. The first kappa shape index (κ1) is 15.2. The highest BCUT2D eigenvalue weighted by atomic mass is 32.2. The van der Waals surface area contributed by atoms with E-state index in [-0.39, 0.29) is 0 Å². The van der Waals surface area contributed by atoms with Crippen molar-refractivity contribution in [1.29, 1.82) is 0 Å². The second-order valence-electron chi connectivity index (χ2n) is 4.95. The van der Waals surface area contributed by atoms with Gasteiger partial charge >= 0.3 is 6.01 Å². The van der Waals surface area contributed by atoms with Crippen LogP contribution in [-0.4, -0.2) is 46.2 Å². The van der Waals surface area contributed by atoms with Gasteiger partial charge in [0.1, 0.15) is 0 Å². The Morgan fingerprint density at radius 1 is 1.15 bits per heavy atom. The molecule has 20 heavy (non-hydrogen) atoms. The summed E-state index contributed by atoms with van der Waals surface area (Å²) in [7, 11) is 1.56. The number of ether oxygens (including phenoxy) is 1. The van der Waals surface area contributed by atoms with E-state index in [9.17, 15) is 0 Å². The van der Waals surface area contributed by atoms with E-state index in [1.54, 1.807) is 7.11 Å². The van der Waals surface area contributed by atoms with Gasteiger partial charge in [0.25, 0.3) is 0 Å². The largest absolute Gasteiger partial charge is 0.467 e. The van der Waals surface area contributed by atoms with Gasteiger partial charge in [0.2, 0.25) is 11.9 Å². The van der Waals surface area contributed by atoms with Crippen LogP contribution < -0.4 is 15.4 Å². The third-order valence-corrected chi connectivity index (χ3v) is 5.07. The molecule has 0 aromatic carbocycles. The number of nitrogens with one attached hydrogen (secondary N) is 2. The molecule has 0 radical (unpaired) electrons. The second kappa shape index (κ2) is 6.97. The molecule has 1 aliphatic carbocycles. The van der Waals surface area contributed by atoms with Crippen molar-refractivity contribution in [1.82, 2.24) is 15.0 Å². The molecular formula is C13H23N5OS. The molecule has 1 aromatic heterocycles. The first-order valence-electron chi connectivity index (χ1n) is 7.04. The van der Waals surface area contributed by atoms with Crippen LogP contribution in [0.1, 0.15) is 32.6 Å². The molecule has 0 unspecified atom stereocenters. The number of aromatic nitrogens is 3. The summed E-state index contributed by atoms with van der Waals surface area (Å²) in [5.74, 6) is 1.12. The predicted molar refractivity (Wildman–Crippen MR) is 83.7 cm³/mol. The van der Waals surface area contributed by atoms with Crippen molar-refractivity contribution in [3.63, 3.8) is 0 Å². The molecular weight excluding hydrogens is 274 g/mol. The van der Waals surface area contributed by atoms with Gasteiger partial charge in [0, 0.05) is 17.8 Å². The van der Waals surface area contributed by atoms with Crippen molar-refractivity contribution in [3.05, 3.63) is 0 Å². The lowest BCUT2D eigenvalue weighted by Crippen LogP contribution is -2.30. The fourth-order valence-corrected chi connectivity index (χ4v) is 3.39. The summed E-state index contributed by atoms with van der Waals surface area (Å²) in [6.07, 6.45) is 7.31. The van der Waals surface area contributed by atoms with Gasteiger partial charge in [0.05, 0.1) is 7.11 Å². The van der Waals surface area contributed by atoms with E-state index in [2.05, 4.69) is 31.8 Å². The molecule has 1 saturated carbocycles. The van der Waals surface area contributed by atoms with Gasteiger partial charge in [-0.05, 0) is 26.0 Å². The van der Waals surface area contributed by atoms with Crippen molar-refractivity contribution < 1.29 is 4.74 Å². The number of hydrogen-bond acceptors (Lipinski definition) is 7. The number of methoxy groups -OCH3 is 1. The molecule has 1 heterocycles. The molecule has 6 nitrogen and oxygen atoms in total. The van der Waals surface area contributed by atoms with Crippen molar-refractivity contribution in [2.75, 3.05) is 37.1 Å². The topological polar surface area (TPSA) is 72.0 Å². The summed E-state index contributed by atoms with van der Waals surface area (Å²) in [5.41, 5.74) is 0. The average Bonchev–Trinajstić information content (AvgIpc) is 2.95. The van der Waals surface area contributed by atoms with Gasteiger partial charge in [0.15, 0.2) is 0 Å². The standard InChI is InChI=1S/C13H23N5OS/c1-4-14-10-16-11(18-12(17-10)19-2)15-9-13(20-3)7-5-6-8-13/h4-9H2,1-3H3,(H2,14,15,16,17,18). The van der Waals surface area contributed by atoms with Crippen molar-refractivity contribution in [2.24, 2.45) is 0 Å². The van der Waals surface area contributed by atoms with Gasteiger partial charge < -0.3 is 15.4 Å².